The number of hydrogen-bond acceptors (Lipinski definition) is 4. The lowest BCUT2D eigenvalue weighted by atomic mass is 10.4. The van der Waals surface area contributed by atoms with Crippen LogP contribution in [-0.2, 0) is 0 Å². The molecule has 0 N–H and O–H groups in total. The maximum absolute atomic E-state index is 8.49. The lowest BCUT2D eigenvalue weighted by Crippen LogP contribution is -2.15. The number of rotatable bonds is 2. The average Bonchev–Trinajstić information content (AvgIpc) is 3.00. The van der Waals surface area contributed by atoms with E-state index >= 15 is 0 Å². The first-order valence-corrected chi connectivity index (χ1v) is 4.17. The van der Waals surface area contributed by atoms with Crippen LogP contribution in [0.4, 0.5) is 0 Å². The van der Waals surface area contributed by atoms with Gasteiger partial charge in [-0.1, -0.05) is 5.92 Å². The van der Waals surface area contributed by atoms with Crippen molar-refractivity contribution in [3.8, 4) is 24.3 Å². The van der Waals surface area contributed by atoms with Crippen molar-refractivity contribution < 1.29 is 4.74 Å². The van der Waals surface area contributed by atoms with Gasteiger partial charge in [-0.3, -0.25) is 0 Å². The molecule has 1 aromatic rings. The molecule has 1 aromatic heterocycles. The standard InChI is InChI=1S/C10H7N3O/c1-2-10(3-4-10)14-9-7-12-8(5-11)6-13-9/h1,6-7H,3-4H2. The maximum atomic E-state index is 8.49. The SMILES string of the molecule is C#CC1(Oc2cnc(C#N)cn2)CC1. The largest absolute Gasteiger partial charge is 0.457 e. The van der Waals surface area contributed by atoms with E-state index < -0.39 is 5.60 Å². The molecule has 68 valence electrons. The minimum absolute atomic E-state index is 0.267. The van der Waals surface area contributed by atoms with Crippen LogP contribution in [0.2, 0.25) is 0 Å². The third kappa shape index (κ3) is 1.51. The molecule has 0 aromatic carbocycles. The lowest BCUT2D eigenvalue weighted by molar-refractivity contribution is 0.229. The summed E-state index contributed by atoms with van der Waals surface area (Å²) in [5.74, 6) is 2.95. The van der Waals surface area contributed by atoms with Crippen molar-refractivity contribution in [2.75, 3.05) is 0 Å². The molecule has 0 unspecified atom stereocenters. The van der Waals surface area contributed by atoms with Crippen LogP contribution in [0.25, 0.3) is 0 Å². The number of nitriles is 1. The molecule has 14 heavy (non-hydrogen) atoms. The maximum Gasteiger partial charge on any atom is 0.233 e. The van der Waals surface area contributed by atoms with E-state index in [1.807, 2.05) is 6.07 Å². The summed E-state index contributed by atoms with van der Waals surface area (Å²) in [5.41, 5.74) is -0.203. The van der Waals surface area contributed by atoms with Crippen molar-refractivity contribution in [3.05, 3.63) is 18.1 Å². The topological polar surface area (TPSA) is 58.8 Å². The molecule has 0 atom stereocenters. The highest BCUT2D eigenvalue weighted by Gasteiger charge is 2.44. The number of terminal acetylenes is 1. The highest BCUT2D eigenvalue weighted by molar-refractivity contribution is 5.24. The molecular weight excluding hydrogens is 178 g/mol. The quantitative estimate of drug-likeness (QED) is 0.642. The summed E-state index contributed by atoms with van der Waals surface area (Å²) in [6.45, 7) is 0. The minimum Gasteiger partial charge on any atom is -0.457 e. The van der Waals surface area contributed by atoms with Gasteiger partial charge in [0.15, 0.2) is 11.3 Å². The normalized spacial score (nSPS) is 16.4. The van der Waals surface area contributed by atoms with Crippen LogP contribution >= 0.6 is 0 Å². The molecule has 1 aliphatic carbocycles. The first-order chi connectivity index (χ1) is 6.78. The molecule has 1 fully saturated rings. The van der Waals surface area contributed by atoms with Gasteiger partial charge < -0.3 is 4.74 Å². The Morgan fingerprint density at radius 1 is 1.43 bits per heavy atom. The van der Waals surface area contributed by atoms with Crippen LogP contribution in [0.15, 0.2) is 12.4 Å². The van der Waals surface area contributed by atoms with Crippen molar-refractivity contribution in [1.82, 2.24) is 9.97 Å². The van der Waals surface area contributed by atoms with Gasteiger partial charge in [-0.05, 0) is 0 Å². The van der Waals surface area contributed by atoms with E-state index in [1.165, 1.54) is 12.4 Å². The number of nitrogens with zero attached hydrogens (tertiary/aromatic N) is 3. The molecule has 4 nitrogen and oxygen atoms in total. The van der Waals surface area contributed by atoms with Gasteiger partial charge in [0.2, 0.25) is 5.88 Å². The lowest BCUT2D eigenvalue weighted by Gasteiger charge is -2.09. The van der Waals surface area contributed by atoms with E-state index in [0.29, 0.717) is 5.88 Å². The van der Waals surface area contributed by atoms with Gasteiger partial charge in [0, 0.05) is 12.8 Å². The summed E-state index contributed by atoms with van der Waals surface area (Å²) >= 11 is 0. The predicted octanol–water partition coefficient (Wildman–Crippen LogP) is 0.893. The molecule has 2 rings (SSSR count). The monoisotopic (exact) mass is 185 g/mol. The molecule has 1 saturated carbocycles. The van der Waals surface area contributed by atoms with E-state index in [4.69, 9.17) is 16.4 Å². The fraction of sp³-hybridized carbons (Fsp3) is 0.300. The van der Waals surface area contributed by atoms with E-state index in [9.17, 15) is 0 Å². The minimum atomic E-state index is -0.469. The first kappa shape index (κ1) is 8.52. The fourth-order valence-corrected chi connectivity index (χ4v) is 1.02. The van der Waals surface area contributed by atoms with Crippen molar-refractivity contribution in [1.29, 1.82) is 5.26 Å². The molecule has 0 amide bonds. The van der Waals surface area contributed by atoms with Crippen LogP contribution in [0.1, 0.15) is 18.5 Å². The predicted molar refractivity (Wildman–Crippen MR) is 48.2 cm³/mol. The van der Waals surface area contributed by atoms with Crippen LogP contribution < -0.4 is 4.74 Å². The van der Waals surface area contributed by atoms with Crippen molar-refractivity contribution in [3.63, 3.8) is 0 Å². The van der Waals surface area contributed by atoms with Gasteiger partial charge in [-0.15, -0.1) is 6.42 Å². The third-order valence-electron chi connectivity index (χ3n) is 2.01. The van der Waals surface area contributed by atoms with E-state index in [-0.39, 0.29) is 5.69 Å². The summed E-state index contributed by atoms with van der Waals surface area (Å²) in [6.07, 6.45) is 9.78. The van der Waals surface area contributed by atoms with Gasteiger partial charge >= 0.3 is 0 Å². The second-order valence-corrected chi connectivity index (χ2v) is 3.09. The van der Waals surface area contributed by atoms with E-state index in [0.717, 1.165) is 12.8 Å². The van der Waals surface area contributed by atoms with E-state index in [2.05, 4.69) is 15.9 Å². The second-order valence-electron chi connectivity index (χ2n) is 3.09. The molecule has 0 spiro atoms. The molecule has 0 aliphatic heterocycles. The molecule has 0 radical (unpaired) electrons. The third-order valence-corrected chi connectivity index (χ3v) is 2.01. The summed E-state index contributed by atoms with van der Waals surface area (Å²) in [4.78, 5) is 7.75. The fourth-order valence-electron chi connectivity index (χ4n) is 1.02. The molecule has 0 bridgehead atoms. The Morgan fingerprint density at radius 3 is 2.64 bits per heavy atom. The summed E-state index contributed by atoms with van der Waals surface area (Å²) < 4.78 is 5.44. The van der Waals surface area contributed by atoms with Crippen molar-refractivity contribution in [2.45, 2.75) is 18.4 Å². The molecule has 1 aliphatic rings. The Bertz CT molecular complexity index is 420. The van der Waals surface area contributed by atoms with Gasteiger partial charge in [-0.2, -0.15) is 5.26 Å². The number of hydrogen-bond donors (Lipinski definition) is 0. The Hall–Kier alpha value is -2.07. The number of aromatic nitrogens is 2. The molecule has 4 heteroatoms. The van der Waals surface area contributed by atoms with Crippen molar-refractivity contribution >= 4 is 0 Å². The summed E-state index contributed by atoms with van der Waals surface area (Å²) in [5, 5.41) is 8.49. The Morgan fingerprint density at radius 2 is 2.21 bits per heavy atom. The Labute approximate surface area is 81.6 Å². The molecule has 0 saturated heterocycles. The molecular formula is C10H7N3O. The van der Waals surface area contributed by atoms with Gasteiger partial charge in [0.1, 0.15) is 6.07 Å². The van der Waals surface area contributed by atoms with Crippen LogP contribution in [0.3, 0.4) is 0 Å². The van der Waals surface area contributed by atoms with Gasteiger partial charge in [0.25, 0.3) is 0 Å². The zero-order chi connectivity index (χ0) is 10.0. The highest BCUT2D eigenvalue weighted by Crippen LogP contribution is 2.38. The summed E-state index contributed by atoms with van der Waals surface area (Å²) in [7, 11) is 0. The van der Waals surface area contributed by atoms with E-state index in [1.54, 1.807) is 0 Å². The zero-order valence-corrected chi connectivity index (χ0v) is 7.40. The second kappa shape index (κ2) is 3.01. The van der Waals surface area contributed by atoms with Gasteiger partial charge in [-0.25, -0.2) is 9.97 Å². The smallest absolute Gasteiger partial charge is 0.233 e. The zero-order valence-electron chi connectivity index (χ0n) is 7.40. The van der Waals surface area contributed by atoms with Crippen LogP contribution in [-0.4, -0.2) is 15.6 Å². The average molecular weight is 185 g/mol. The van der Waals surface area contributed by atoms with Crippen LogP contribution in [0.5, 0.6) is 5.88 Å². The Balaban J connectivity index is 2.12. The van der Waals surface area contributed by atoms with Gasteiger partial charge in [0.05, 0.1) is 12.4 Å². The highest BCUT2D eigenvalue weighted by atomic mass is 16.5. The van der Waals surface area contributed by atoms with Crippen LogP contribution in [0, 0.1) is 23.7 Å². The molecule has 1 heterocycles. The van der Waals surface area contributed by atoms with Crippen molar-refractivity contribution in [2.24, 2.45) is 0 Å². The Kier molecular flexibility index (Phi) is 1.83. The first-order valence-electron chi connectivity index (χ1n) is 4.17. The number of ether oxygens (including phenoxy) is 1. The summed E-state index contributed by atoms with van der Waals surface area (Å²) in [6, 6.07) is 1.88.